The van der Waals surface area contributed by atoms with Crippen molar-refractivity contribution in [1.82, 2.24) is 0 Å². The van der Waals surface area contributed by atoms with Crippen molar-refractivity contribution in [2.45, 2.75) is 11.5 Å². The average molecular weight is 319 g/mol. The monoisotopic (exact) mass is 319 g/mol. The van der Waals surface area contributed by atoms with Crippen LogP contribution in [-0.4, -0.2) is 20.6 Å². The van der Waals surface area contributed by atoms with Crippen molar-refractivity contribution >= 4 is 15.8 Å². The van der Waals surface area contributed by atoms with Gasteiger partial charge in [0.1, 0.15) is 6.61 Å². The lowest BCUT2D eigenvalue weighted by Crippen LogP contribution is -2.52. The Morgan fingerprint density at radius 3 is 2.05 bits per heavy atom. The maximum absolute atomic E-state index is 12.4. The number of carbonyl (C=O) groups is 1. The summed E-state index contributed by atoms with van der Waals surface area (Å²) >= 11 is 0. The SMILES string of the molecule is CS(=O)(=O)C(N)(C(=O)OCc1ccccc1)c1ccccc1. The summed E-state index contributed by atoms with van der Waals surface area (Å²) in [7, 11) is -3.92. The van der Waals surface area contributed by atoms with Crippen LogP contribution in [0.4, 0.5) is 0 Å². The van der Waals surface area contributed by atoms with E-state index in [2.05, 4.69) is 0 Å². The number of nitrogens with two attached hydrogens (primary N) is 1. The molecule has 0 bridgehead atoms. The van der Waals surface area contributed by atoms with Crippen LogP contribution in [0.15, 0.2) is 60.7 Å². The van der Waals surface area contributed by atoms with E-state index in [9.17, 15) is 13.2 Å². The lowest BCUT2D eigenvalue weighted by molar-refractivity contribution is -0.148. The number of rotatable bonds is 5. The molecular weight excluding hydrogens is 302 g/mol. The molecule has 0 saturated carbocycles. The van der Waals surface area contributed by atoms with Crippen molar-refractivity contribution in [3.8, 4) is 0 Å². The molecule has 5 nitrogen and oxygen atoms in total. The van der Waals surface area contributed by atoms with Crippen LogP contribution >= 0.6 is 0 Å². The third kappa shape index (κ3) is 3.18. The standard InChI is InChI=1S/C16H17NO4S/c1-22(19,20)16(17,14-10-6-3-7-11-14)15(18)21-12-13-8-4-2-5-9-13/h2-11H,12,17H2,1H3. The van der Waals surface area contributed by atoms with Crippen molar-refractivity contribution < 1.29 is 17.9 Å². The van der Waals surface area contributed by atoms with Gasteiger partial charge in [0.25, 0.3) is 0 Å². The van der Waals surface area contributed by atoms with Gasteiger partial charge in [0.2, 0.25) is 4.87 Å². The highest BCUT2D eigenvalue weighted by molar-refractivity contribution is 7.92. The maximum Gasteiger partial charge on any atom is 0.347 e. The van der Waals surface area contributed by atoms with Crippen LogP contribution in [0.3, 0.4) is 0 Å². The molecule has 2 N–H and O–H groups in total. The summed E-state index contributed by atoms with van der Waals surface area (Å²) in [6.07, 6.45) is 0.920. The fraction of sp³-hybridized carbons (Fsp3) is 0.188. The lowest BCUT2D eigenvalue weighted by atomic mass is 10.1. The third-order valence-electron chi connectivity index (χ3n) is 3.30. The van der Waals surface area contributed by atoms with Crippen LogP contribution in [0.1, 0.15) is 11.1 Å². The molecule has 0 aliphatic heterocycles. The van der Waals surface area contributed by atoms with Gasteiger partial charge in [-0.25, -0.2) is 13.2 Å². The molecule has 6 heteroatoms. The van der Waals surface area contributed by atoms with E-state index in [1.165, 1.54) is 12.1 Å². The Kier molecular flexibility index (Phi) is 4.63. The van der Waals surface area contributed by atoms with Gasteiger partial charge in [-0.3, -0.25) is 5.73 Å². The van der Waals surface area contributed by atoms with Crippen molar-refractivity contribution in [2.24, 2.45) is 5.73 Å². The molecule has 0 heterocycles. The highest BCUT2D eigenvalue weighted by atomic mass is 32.2. The Hall–Kier alpha value is -2.18. The van der Waals surface area contributed by atoms with Gasteiger partial charge in [0.05, 0.1) is 0 Å². The van der Waals surface area contributed by atoms with Crippen molar-refractivity contribution in [2.75, 3.05) is 6.26 Å². The Labute approximate surface area is 129 Å². The Balaban J connectivity index is 2.29. The minimum Gasteiger partial charge on any atom is -0.458 e. The first-order chi connectivity index (χ1) is 10.4. The molecule has 0 saturated heterocycles. The summed E-state index contributed by atoms with van der Waals surface area (Å²) in [5.41, 5.74) is 6.87. The number of esters is 1. The normalized spacial score (nSPS) is 14.1. The molecule has 2 aromatic rings. The van der Waals surface area contributed by atoms with Crippen molar-refractivity contribution in [3.63, 3.8) is 0 Å². The molecule has 22 heavy (non-hydrogen) atoms. The van der Waals surface area contributed by atoms with Crippen LogP contribution in [0.25, 0.3) is 0 Å². The first-order valence-electron chi connectivity index (χ1n) is 6.61. The van der Waals surface area contributed by atoms with E-state index in [-0.39, 0.29) is 12.2 Å². The zero-order chi connectivity index (χ0) is 16.2. The van der Waals surface area contributed by atoms with Crippen LogP contribution in [0, 0.1) is 0 Å². The first-order valence-corrected chi connectivity index (χ1v) is 8.50. The zero-order valence-corrected chi connectivity index (χ0v) is 12.9. The summed E-state index contributed by atoms with van der Waals surface area (Å²) in [5, 5.41) is 0. The second-order valence-corrected chi connectivity index (χ2v) is 7.12. The number of hydrogen-bond donors (Lipinski definition) is 1. The van der Waals surface area contributed by atoms with E-state index in [0.29, 0.717) is 0 Å². The number of hydrogen-bond acceptors (Lipinski definition) is 5. The predicted octanol–water partition coefficient (Wildman–Crippen LogP) is 1.59. The molecule has 1 unspecified atom stereocenters. The maximum atomic E-state index is 12.4. The van der Waals surface area contributed by atoms with Gasteiger partial charge in [-0.15, -0.1) is 0 Å². The van der Waals surface area contributed by atoms with Gasteiger partial charge in [0, 0.05) is 6.26 Å². The summed E-state index contributed by atoms with van der Waals surface area (Å²) < 4.78 is 29.3. The van der Waals surface area contributed by atoms with E-state index in [0.717, 1.165) is 11.8 Å². The molecule has 116 valence electrons. The molecule has 2 aromatic carbocycles. The van der Waals surface area contributed by atoms with Crippen LogP contribution in [0.2, 0.25) is 0 Å². The first kappa shape index (κ1) is 16.2. The summed E-state index contributed by atoms with van der Waals surface area (Å²) in [6.45, 7) is -0.0407. The molecule has 0 spiro atoms. The molecule has 0 aliphatic carbocycles. The second kappa shape index (κ2) is 6.29. The Morgan fingerprint density at radius 1 is 1.05 bits per heavy atom. The minimum absolute atomic E-state index is 0.0407. The fourth-order valence-corrected chi connectivity index (χ4v) is 2.93. The van der Waals surface area contributed by atoms with E-state index < -0.39 is 20.7 Å². The highest BCUT2D eigenvalue weighted by Gasteiger charge is 2.47. The topological polar surface area (TPSA) is 86.5 Å². The smallest absolute Gasteiger partial charge is 0.347 e. The van der Waals surface area contributed by atoms with Gasteiger partial charge >= 0.3 is 5.97 Å². The Morgan fingerprint density at radius 2 is 1.55 bits per heavy atom. The second-order valence-electron chi connectivity index (χ2n) is 4.94. The quantitative estimate of drug-likeness (QED) is 0.846. The van der Waals surface area contributed by atoms with Crippen molar-refractivity contribution in [3.05, 3.63) is 71.8 Å². The molecule has 0 aliphatic rings. The van der Waals surface area contributed by atoms with Crippen LogP contribution in [0.5, 0.6) is 0 Å². The van der Waals surface area contributed by atoms with E-state index in [1.807, 2.05) is 6.07 Å². The molecule has 0 radical (unpaired) electrons. The summed E-state index contributed by atoms with van der Waals surface area (Å²) in [4.78, 5) is 10.1. The van der Waals surface area contributed by atoms with Gasteiger partial charge in [0.15, 0.2) is 9.84 Å². The predicted molar refractivity (Wildman–Crippen MR) is 83.4 cm³/mol. The highest BCUT2D eigenvalue weighted by Crippen LogP contribution is 2.26. The average Bonchev–Trinajstić information content (AvgIpc) is 2.52. The molecule has 0 fully saturated rings. The zero-order valence-electron chi connectivity index (χ0n) is 12.1. The molecule has 0 amide bonds. The number of benzene rings is 2. The minimum atomic E-state index is -3.92. The van der Waals surface area contributed by atoms with Crippen molar-refractivity contribution in [1.29, 1.82) is 0 Å². The number of ether oxygens (including phenoxy) is 1. The van der Waals surface area contributed by atoms with E-state index in [1.54, 1.807) is 42.5 Å². The lowest BCUT2D eigenvalue weighted by Gasteiger charge is -2.25. The molecule has 0 aromatic heterocycles. The number of sulfone groups is 1. The molecule has 2 rings (SSSR count). The fourth-order valence-electron chi connectivity index (χ4n) is 2.00. The van der Waals surface area contributed by atoms with Gasteiger partial charge < -0.3 is 4.74 Å². The van der Waals surface area contributed by atoms with Crippen LogP contribution < -0.4 is 5.73 Å². The number of carbonyl (C=O) groups excluding carboxylic acids is 1. The summed E-state index contributed by atoms with van der Waals surface area (Å²) in [6, 6.07) is 16.9. The van der Waals surface area contributed by atoms with Gasteiger partial charge in [-0.1, -0.05) is 60.7 Å². The molecule has 1 atom stereocenters. The molecular formula is C16H17NO4S. The van der Waals surface area contributed by atoms with E-state index >= 15 is 0 Å². The largest absolute Gasteiger partial charge is 0.458 e. The summed E-state index contributed by atoms with van der Waals surface area (Å²) in [5.74, 6) is -0.995. The van der Waals surface area contributed by atoms with Crippen LogP contribution in [-0.2, 0) is 30.8 Å². The van der Waals surface area contributed by atoms with Gasteiger partial charge in [-0.05, 0) is 11.1 Å². The third-order valence-corrected chi connectivity index (χ3v) is 4.88. The van der Waals surface area contributed by atoms with E-state index in [4.69, 9.17) is 10.5 Å². The Bertz CT molecular complexity index is 744. The van der Waals surface area contributed by atoms with Gasteiger partial charge in [-0.2, -0.15) is 0 Å².